The smallest absolute Gasteiger partial charge is 0.308 e. The van der Waals surface area contributed by atoms with Crippen molar-refractivity contribution in [3.05, 3.63) is 0 Å². The fourth-order valence-corrected chi connectivity index (χ4v) is 4.59. The van der Waals surface area contributed by atoms with Gasteiger partial charge in [-0.25, -0.2) is 4.90 Å². The maximum absolute atomic E-state index is 12.0. The summed E-state index contributed by atoms with van der Waals surface area (Å²) >= 11 is 0. The lowest BCUT2D eigenvalue weighted by Gasteiger charge is -2.41. The average molecular weight is 369 g/mol. The number of carbonyl (C=O) groups is 1. The highest BCUT2D eigenvalue weighted by Crippen LogP contribution is 2.32. The van der Waals surface area contributed by atoms with Crippen LogP contribution in [0.2, 0.25) is 0 Å². The van der Waals surface area contributed by atoms with Crippen LogP contribution in [0.25, 0.3) is 0 Å². The Kier molecular flexibility index (Phi) is 7.73. The second kappa shape index (κ2) is 10.0. The van der Waals surface area contributed by atoms with Crippen LogP contribution in [-0.4, -0.2) is 67.3 Å². The summed E-state index contributed by atoms with van der Waals surface area (Å²) in [5.41, 5.74) is 0. The fourth-order valence-electron chi connectivity index (χ4n) is 4.59. The summed E-state index contributed by atoms with van der Waals surface area (Å²) in [5.74, 6) is 0.0287. The summed E-state index contributed by atoms with van der Waals surface area (Å²) in [6, 6.07) is 0. The Labute approximate surface area is 158 Å². The minimum absolute atomic E-state index is 0.0284. The number of carbonyl (C=O) groups excluding carboxylic acids is 1. The molecule has 2 saturated heterocycles. The maximum Gasteiger partial charge on any atom is 0.308 e. The van der Waals surface area contributed by atoms with E-state index >= 15 is 0 Å². The molecule has 0 radical (unpaired) electrons. The highest BCUT2D eigenvalue weighted by molar-refractivity contribution is 5.72. The first-order valence-corrected chi connectivity index (χ1v) is 10.7. The van der Waals surface area contributed by atoms with Gasteiger partial charge in [-0.15, -0.1) is 0 Å². The third-order valence-electron chi connectivity index (χ3n) is 5.94. The summed E-state index contributed by atoms with van der Waals surface area (Å²) in [6.45, 7) is 8.43. The Bertz CT molecular complexity index is 434. The van der Waals surface area contributed by atoms with Gasteiger partial charge in [0.2, 0.25) is 0 Å². The van der Waals surface area contributed by atoms with Crippen molar-refractivity contribution >= 4 is 5.97 Å². The summed E-state index contributed by atoms with van der Waals surface area (Å²) in [4.78, 5) is 16.9. The van der Waals surface area contributed by atoms with E-state index in [-0.39, 0.29) is 30.6 Å². The van der Waals surface area contributed by atoms with E-state index in [0.717, 1.165) is 58.3 Å². The van der Waals surface area contributed by atoms with Crippen LogP contribution in [-0.2, 0) is 19.0 Å². The molecule has 1 aliphatic carbocycles. The van der Waals surface area contributed by atoms with Gasteiger partial charge in [0.15, 0.2) is 6.35 Å². The van der Waals surface area contributed by atoms with Crippen molar-refractivity contribution in [2.45, 2.75) is 83.9 Å². The molecule has 0 aromatic carbocycles. The van der Waals surface area contributed by atoms with Gasteiger partial charge in [0, 0.05) is 26.2 Å². The molecule has 2 aliphatic heterocycles. The topological polar surface area (TPSA) is 51.2 Å². The van der Waals surface area contributed by atoms with E-state index in [1.807, 2.05) is 6.92 Å². The van der Waals surface area contributed by atoms with Gasteiger partial charge in [-0.05, 0) is 65.2 Å². The number of ether oxygens (including phenoxy) is 3. The van der Waals surface area contributed by atoms with E-state index in [4.69, 9.17) is 14.2 Å². The summed E-state index contributed by atoms with van der Waals surface area (Å²) in [7, 11) is 0. The van der Waals surface area contributed by atoms with Crippen molar-refractivity contribution in [2.75, 3.05) is 32.8 Å². The lowest BCUT2D eigenvalue weighted by Crippen LogP contribution is -2.53. The third kappa shape index (κ3) is 4.97. The predicted molar refractivity (Wildman–Crippen MR) is 99.4 cm³/mol. The van der Waals surface area contributed by atoms with Crippen LogP contribution in [0.1, 0.15) is 65.2 Å². The van der Waals surface area contributed by atoms with Gasteiger partial charge >= 0.3 is 5.97 Å². The van der Waals surface area contributed by atoms with Gasteiger partial charge in [-0.3, -0.25) is 9.69 Å². The quantitative estimate of drug-likeness (QED) is 0.614. The molecule has 26 heavy (non-hydrogen) atoms. The van der Waals surface area contributed by atoms with Gasteiger partial charge in [-0.1, -0.05) is 0 Å². The number of likely N-dealkylation sites (tertiary alicyclic amines) is 2. The first kappa shape index (κ1) is 20.1. The number of esters is 1. The van der Waals surface area contributed by atoms with Gasteiger partial charge < -0.3 is 14.2 Å². The van der Waals surface area contributed by atoms with Gasteiger partial charge in [0.05, 0.1) is 18.6 Å². The molecule has 3 aliphatic rings. The van der Waals surface area contributed by atoms with Crippen LogP contribution in [0.15, 0.2) is 0 Å². The molecule has 0 spiro atoms. The number of rotatable bonds is 8. The third-order valence-corrected chi connectivity index (χ3v) is 5.94. The zero-order valence-electron chi connectivity index (χ0n) is 16.5. The lowest BCUT2D eigenvalue weighted by atomic mass is 9.87. The van der Waals surface area contributed by atoms with Crippen molar-refractivity contribution < 1.29 is 19.0 Å². The molecule has 0 amide bonds. The molecular weight excluding hydrogens is 332 g/mol. The highest BCUT2D eigenvalue weighted by atomic mass is 16.6. The molecular formula is C20H36N2O4. The van der Waals surface area contributed by atoms with Crippen molar-refractivity contribution in [3.63, 3.8) is 0 Å². The molecule has 0 aromatic rings. The first-order chi connectivity index (χ1) is 12.7. The van der Waals surface area contributed by atoms with Gasteiger partial charge in [0.1, 0.15) is 6.23 Å². The molecule has 0 N–H and O–H groups in total. The summed E-state index contributed by atoms with van der Waals surface area (Å²) in [6.07, 6.45) is 8.87. The normalized spacial score (nSPS) is 32.0. The van der Waals surface area contributed by atoms with Crippen LogP contribution in [0, 0.1) is 5.92 Å². The van der Waals surface area contributed by atoms with Gasteiger partial charge in [0.25, 0.3) is 0 Å². The lowest BCUT2D eigenvalue weighted by molar-refractivity contribution is -0.217. The van der Waals surface area contributed by atoms with E-state index in [9.17, 15) is 4.79 Å². The monoisotopic (exact) mass is 368 g/mol. The van der Waals surface area contributed by atoms with Crippen molar-refractivity contribution in [1.82, 2.24) is 9.80 Å². The second-order valence-electron chi connectivity index (χ2n) is 7.72. The SMILES string of the molecule is CCOC(=O)C1CCC(OC(N2CCCC2)N2CCC[C@H]2OCC)CC1. The fraction of sp³-hybridized carbons (Fsp3) is 0.950. The van der Waals surface area contributed by atoms with E-state index in [2.05, 4.69) is 16.7 Å². The van der Waals surface area contributed by atoms with Crippen molar-refractivity contribution in [3.8, 4) is 0 Å². The Balaban J connectivity index is 1.57. The molecule has 2 atom stereocenters. The molecule has 150 valence electrons. The van der Waals surface area contributed by atoms with E-state index in [1.54, 1.807) is 0 Å². The maximum atomic E-state index is 12.0. The Hall–Kier alpha value is -0.690. The number of hydrogen-bond donors (Lipinski definition) is 0. The molecule has 6 heteroatoms. The van der Waals surface area contributed by atoms with Crippen LogP contribution in [0.3, 0.4) is 0 Å². The zero-order valence-corrected chi connectivity index (χ0v) is 16.5. The summed E-state index contributed by atoms with van der Waals surface area (Å²) in [5, 5.41) is 0. The van der Waals surface area contributed by atoms with Gasteiger partial charge in [-0.2, -0.15) is 0 Å². The minimum atomic E-state index is -0.0296. The largest absolute Gasteiger partial charge is 0.466 e. The van der Waals surface area contributed by atoms with Crippen molar-refractivity contribution in [2.24, 2.45) is 5.92 Å². The van der Waals surface area contributed by atoms with E-state index in [1.165, 1.54) is 19.3 Å². The predicted octanol–water partition coefficient (Wildman–Crippen LogP) is 2.96. The molecule has 0 bridgehead atoms. The van der Waals surface area contributed by atoms with Crippen molar-refractivity contribution in [1.29, 1.82) is 0 Å². The molecule has 2 heterocycles. The first-order valence-electron chi connectivity index (χ1n) is 10.7. The molecule has 0 aromatic heterocycles. The van der Waals surface area contributed by atoms with Crippen LogP contribution in [0.4, 0.5) is 0 Å². The molecule has 3 fully saturated rings. The van der Waals surface area contributed by atoms with Crippen LogP contribution in [0.5, 0.6) is 0 Å². The molecule has 1 saturated carbocycles. The number of hydrogen-bond acceptors (Lipinski definition) is 6. The Morgan fingerprint density at radius 3 is 2.35 bits per heavy atom. The molecule has 1 unspecified atom stereocenters. The van der Waals surface area contributed by atoms with Crippen LogP contribution < -0.4 is 0 Å². The second-order valence-corrected chi connectivity index (χ2v) is 7.72. The van der Waals surface area contributed by atoms with E-state index in [0.29, 0.717) is 6.61 Å². The Morgan fingerprint density at radius 2 is 1.69 bits per heavy atom. The zero-order chi connectivity index (χ0) is 18.4. The molecule has 3 rings (SSSR count). The molecule has 6 nitrogen and oxygen atoms in total. The highest BCUT2D eigenvalue weighted by Gasteiger charge is 2.38. The van der Waals surface area contributed by atoms with Crippen LogP contribution >= 0.6 is 0 Å². The van der Waals surface area contributed by atoms with E-state index < -0.39 is 0 Å². The average Bonchev–Trinajstić information content (AvgIpc) is 3.33. The number of nitrogens with zero attached hydrogens (tertiary/aromatic N) is 2. The standard InChI is InChI=1S/C20H36N2O4/c1-3-24-18-8-7-15-22(18)20(21-13-5-6-14-21)26-17-11-9-16(10-12-17)19(23)25-4-2/h16-18,20H,3-15H2,1-2H3/t16?,17?,18-,20?/m1/s1. The summed E-state index contributed by atoms with van der Waals surface area (Å²) < 4.78 is 17.8. The minimum Gasteiger partial charge on any atom is -0.466 e. The Morgan fingerprint density at radius 1 is 0.962 bits per heavy atom.